The molecule has 0 bridgehead atoms. The van der Waals surface area contributed by atoms with Gasteiger partial charge in [0.05, 0.1) is 48.6 Å². The van der Waals surface area contributed by atoms with Crippen LogP contribution in [0.1, 0.15) is 56.1 Å². The summed E-state index contributed by atoms with van der Waals surface area (Å²) in [6.45, 7) is 11.8. The molecule has 1 aromatic carbocycles. The lowest BCUT2D eigenvalue weighted by atomic mass is 9.93. The molecule has 4 unspecified atom stereocenters. The molecule has 1 saturated heterocycles. The molecule has 1 saturated carbocycles. The first-order chi connectivity index (χ1) is 20.3. The van der Waals surface area contributed by atoms with Crippen LogP contribution in [0.3, 0.4) is 0 Å². The molecule has 9 nitrogen and oxygen atoms in total. The summed E-state index contributed by atoms with van der Waals surface area (Å²) in [4.78, 5) is 22.7. The fraction of sp³-hybridized carbons (Fsp3) is 0.645. The van der Waals surface area contributed by atoms with E-state index < -0.39 is 0 Å². The normalized spacial score (nSPS) is 22.8. The molecule has 42 heavy (non-hydrogen) atoms. The zero-order valence-electron chi connectivity index (χ0n) is 25.7. The molecular formula is C31H44FN5O4S. The number of hydrogen-bond donors (Lipinski definition) is 0. The molecule has 2 heterocycles. The third-order valence-corrected chi connectivity index (χ3v) is 9.66. The molecule has 1 aliphatic heterocycles. The van der Waals surface area contributed by atoms with Gasteiger partial charge in [-0.25, -0.2) is 0 Å². The smallest absolute Gasteiger partial charge is 0.243 e. The highest BCUT2D eigenvalue weighted by Crippen LogP contribution is 2.54. The predicted octanol–water partition coefficient (Wildman–Crippen LogP) is 5.18. The summed E-state index contributed by atoms with van der Waals surface area (Å²) < 4.78 is 32.3. The van der Waals surface area contributed by atoms with Gasteiger partial charge in [-0.15, -0.1) is 3.89 Å². The summed E-state index contributed by atoms with van der Waals surface area (Å²) >= 11 is 0.174. The molecule has 2 aromatic rings. The van der Waals surface area contributed by atoms with Gasteiger partial charge in [0.25, 0.3) is 0 Å². The standard InChI is InChI=1S/C31H44FN5O4S/c1-7-8-25(30-24-16-22-20(3)23(22)17-27(24)37(34-30)42-32)33-26-18-28(29(15-19(26)2)41-14-13-39-6)35(5)31(38)21(4)36-9-11-40-12-10-36/h15,18,20-23H,7-14,16-17H2,1-6H3. The van der Waals surface area contributed by atoms with Gasteiger partial charge in [-0.3, -0.25) is 14.7 Å². The van der Waals surface area contributed by atoms with Crippen molar-refractivity contribution in [2.75, 3.05) is 58.6 Å². The molecule has 2 aliphatic carbocycles. The lowest BCUT2D eigenvalue weighted by Crippen LogP contribution is -2.50. The van der Waals surface area contributed by atoms with Crippen molar-refractivity contribution in [2.24, 2.45) is 22.7 Å². The van der Waals surface area contributed by atoms with Crippen LogP contribution >= 0.6 is 12.3 Å². The second kappa shape index (κ2) is 13.4. The predicted molar refractivity (Wildman–Crippen MR) is 165 cm³/mol. The minimum absolute atomic E-state index is 0.0260. The van der Waals surface area contributed by atoms with Crippen molar-refractivity contribution in [3.63, 3.8) is 0 Å². The number of hydrogen-bond acceptors (Lipinski definition) is 8. The maximum absolute atomic E-state index is 14.0. The summed E-state index contributed by atoms with van der Waals surface area (Å²) in [5.41, 5.74) is 6.11. The first kappa shape index (κ1) is 31.0. The first-order valence-corrected chi connectivity index (χ1v) is 15.8. The number of carbonyl (C=O) groups excluding carboxylic acids is 1. The average molecular weight is 602 g/mol. The Labute approximate surface area is 253 Å². The highest BCUT2D eigenvalue weighted by Gasteiger charge is 2.51. The van der Waals surface area contributed by atoms with Crippen LogP contribution in [-0.2, 0) is 27.1 Å². The number of likely N-dealkylation sites (N-methyl/N-ethyl adjacent to an activating group) is 1. The molecule has 4 atom stereocenters. The molecule has 0 spiro atoms. The van der Waals surface area contributed by atoms with E-state index in [-0.39, 0.29) is 24.3 Å². The van der Waals surface area contributed by atoms with Crippen LogP contribution in [0.15, 0.2) is 17.1 Å². The molecule has 2 fully saturated rings. The van der Waals surface area contributed by atoms with Crippen molar-refractivity contribution in [3.05, 3.63) is 34.6 Å². The molecular weight excluding hydrogens is 557 g/mol. The number of aliphatic imine (C=N–C) groups is 1. The van der Waals surface area contributed by atoms with E-state index in [1.165, 1.54) is 4.09 Å². The van der Waals surface area contributed by atoms with E-state index in [0.717, 1.165) is 66.3 Å². The Bertz CT molecular complexity index is 1310. The number of aryl methyl sites for hydroxylation is 1. The zero-order valence-corrected chi connectivity index (χ0v) is 26.5. The van der Waals surface area contributed by atoms with Crippen LogP contribution in [0.25, 0.3) is 0 Å². The van der Waals surface area contributed by atoms with E-state index in [4.69, 9.17) is 24.3 Å². The van der Waals surface area contributed by atoms with Gasteiger partial charge in [-0.05, 0) is 68.6 Å². The first-order valence-electron chi connectivity index (χ1n) is 15.1. The molecule has 0 radical (unpaired) electrons. The third-order valence-electron chi connectivity index (χ3n) is 9.23. The lowest BCUT2D eigenvalue weighted by Gasteiger charge is -2.34. The van der Waals surface area contributed by atoms with Crippen molar-refractivity contribution in [2.45, 2.75) is 59.4 Å². The molecule has 3 aliphatic rings. The third kappa shape index (κ3) is 6.25. The van der Waals surface area contributed by atoms with Crippen molar-refractivity contribution in [1.29, 1.82) is 0 Å². The number of ether oxygens (including phenoxy) is 3. The molecule has 5 rings (SSSR count). The number of nitrogens with zero attached hydrogens (tertiary/aromatic N) is 5. The van der Waals surface area contributed by atoms with Crippen LogP contribution in [0.4, 0.5) is 15.3 Å². The van der Waals surface area contributed by atoms with Crippen molar-refractivity contribution in [3.8, 4) is 5.75 Å². The SMILES string of the molecule is CCCC(=Nc1cc(N(C)C(=O)C(C)N2CCOCC2)c(OCCOC)cc1C)c1nn(SF)c2c1CC1C(C)C1C2. The minimum atomic E-state index is -0.308. The van der Waals surface area contributed by atoms with Gasteiger partial charge in [-0.1, -0.05) is 20.3 Å². The zero-order chi connectivity index (χ0) is 30.0. The van der Waals surface area contributed by atoms with Crippen LogP contribution in [0.5, 0.6) is 5.75 Å². The number of aromatic nitrogens is 2. The Hall–Kier alpha value is -2.47. The molecule has 1 aromatic heterocycles. The van der Waals surface area contributed by atoms with Crippen LogP contribution in [0.2, 0.25) is 0 Å². The maximum Gasteiger partial charge on any atom is 0.243 e. The summed E-state index contributed by atoms with van der Waals surface area (Å²) in [6, 6.07) is 3.57. The van der Waals surface area contributed by atoms with Crippen LogP contribution in [0, 0.1) is 24.7 Å². The number of halogens is 1. The number of benzene rings is 1. The Morgan fingerprint density at radius 2 is 2.00 bits per heavy atom. The largest absolute Gasteiger partial charge is 0.489 e. The monoisotopic (exact) mass is 601 g/mol. The fourth-order valence-electron chi connectivity index (χ4n) is 6.46. The minimum Gasteiger partial charge on any atom is -0.489 e. The number of carbonyl (C=O) groups is 1. The molecule has 230 valence electrons. The highest BCUT2D eigenvalue weighted by atomic mass is 32.2. The van der Waals surface area contributed by atoms with Gasteiger partial charge in [0, 0.05) is 32.8 Å². The Balaban J connectivity index is 1.52. The van der Waals surface area contributed by atoms with Crippen molar-refractivity contribution >= 4 is 35.3 Å². The van der Waals surface area contributed by atoms with Gasteiger partial charge in [0.1, 0.15) is 18.1 Å². The maximum atomic E-state index is 14.0. The van der Waals surface area contributed by atoms with Gasteiger partial charge >= 0.3 is 0 Å². The summed E-state index contributed by atoms with van der Waals surface area (Å²) in [6.07, 6.45) is 3.39. The van der Waals surface area contributed by atoms with Crippen LogP contribution in [-0.4, -0.2) is 85.4 Å². The quantitative estimate of drug-likeness (QED) is 0.245. The van der Waals surface area contributed by atoms with Crippen molar-refractivity contribution in [1.82, 2.24) is 14.1 Å². The van der Waals surface area contributed by atoms with E-state index >= 15 is 0 Å². The van der Waals surface area contributed by atoms with E-state index in [9.17, 15) is 8.68 Å². The number of methoxy groups -OCH3 is 1. The second-order valence-corrected chi connectivity index (χ2v) is 12.3. The number of fused-ring (bicyclic) bond motifs is 2. The molecule has 0 N–H and O–H groups in total. The fourth-order valence-corrected chi connectivity index (χ4v) is 6.84. The average Bonchev–Trinajstić information content (AvgIpc) is 3.48. The topological polar surface area (TPSA) is 81.4 Å². The van der Waals surface area contributed by atoms with Gasteiger partial charge in [0.15, 0.2) is 12.3 Å². The summed E-state index contributed by atoms with van der Waals surface area (Å²) in [5, 5.41) is 4.72. The van der Waals surface area contributed by atoms with E-state index in [1.807, 2.05) is 26.0 Å². The summed E-state index contributed by atoms with van der Waals surface area (Å²) in [5.74, 6) is 2.52. The van der Waals surface area contributed by atoms with Crippen LogP contribution < -0.4 is 9.64 Å². The Kier molecular flexibility index (Phi) is 9.92. The van der Waals surface area contributed by atoms with Gasteiger partial charge in [0.2, 0.25) is 5.91 Å². The highest BCUT2D eigenvalue weighted by molar-refractivity contribution is 7.92. The second-order valence-electron chi connectivity index (χ2n) is 11.8. The van der Waals surface area contributed by atoms with E-state index in [2.05, 4.69) is 18.7 Å². The summed E-state index contributed by atoms with van der Waals surface area (Å²) in [7, 11) is 3.42. The molecule has 1 amide bonds. The Morgan fingerprint density at radius 1 is 1.26 bits per heavy atom. The van der Waals surface area contributed by atoms with E-state index in [1.54, 1.807) is 19.1 Å². The van der Waals surface area contributed by atoms with Gasteiger partial charge in [-0.2, -0.15) is 9.19 Å². The number of anilines is 1. The number of rotatable bonds is 12. The van der Waals surface area contributed by atoms with Crippen molar-refractivity contribution < 1.29 is 22.9 Å². The number of morpholine rings is 1. The van der Waals surface area contributed by atoms with Gasteiger partial charge < -0.3 is 19.1 Å². The van der Waals surface area contributed by atoms with E-state index in [0.29, 0.717) is 62.0 Å². The Morgan fingerprint density at radius 3 is 2.69 bits per heavy atom. The molecule has 11 heteroatoms. The lowest BCUT2D eigenvalue weighted by molar-refractivity contribution is -0.124. The number of amides is 1.